The Morgan fingerprint density at radius 1 is 1.20 bits per heavy atom. The molecule has 0 saturated carbocycles. The third-order valence-electron chi connectivity index (χ3n) is 2.44. The van der Waals surface area contributed by atoms with Gasteiger partial charge in [-0.2, -0.15) is 0 Å². The van der Waals surface area contributed by atoms with Gasteiger partial charge in [-0.1, -0.05) is 26.0 Å². The molecule has 84 valence electrons. The molecule has 0 saturated heterocycles. The lowest BCUT2D eigenvalue weighted by Crippen LogP contribution is -2.13. The summed E-state index contributed by atoms with van der Waals surface area (Å²) in [5.74, 6) is -1.12. The Kier molecular flexibility index (Phi) is 4.21. The highest BCUT2D eigenvalue weighted by molar-refractivity contribution is 5.22. The molecule has 0 aliphatic carbocycles. The Morgan fingerprint density at radius 3 is 2.47 bits per heavy atom. The second-order valence-electron chi connectivity index (χ2n) is 4.22. The lowest BCUT2D eigenvalue weighted by molar-refractivity contribution is 0.463. The molecule has 0 aliphatic rings. The molecule has 0 fully saturated rings. The fourth-order valence-electron chi connectivity index (χ4n) is 1.48. The molecular formula is C12H17F2N. The minimum absolute atomic E-state index is 0.274. The Balaban J connectivity index is 2.73. The zero-order chi connectivity index (χ0) is 11.4. The van der Waals surface area contributed by atoms with E-state index in [9.17, 15) is 8.78 Å². The summed E-state index contributed by atoms with van der Waals surface area (Å²) in [6.07, 6.45) is 1.59. The molecule has 2 N–H and O–H groups in total. The van der Waals surface area contributed by atoms with E-state index in [0.717, 1.165) is 12.5 Å². The van der Waals surface area contributed by atoms with Crippen molar-refractivity contribution in [1.29, 1.82) is 0 Å². The first-order valence-corrected chi connectivity index (χ1v) is 5.22. The monoisotopic (exact) mass is 213 g/mol. The number of hydrogen-bond donors (Lipinski definition) is 1. The van der Waals surface area contributed by atoms with Crippen LogP contribution < -0.4 is 5.73 Å². The summed E-state index contributed by atoms with van der Waals surface area (Å²) in [5, 5.41) is 0. The summed E-state index contributed by atoms with van der Waals surface area (Å²) < 4.78 is 26.2. The lowest BCUT2D eigenvalue weighted by atomic mass is 9.98. The van der Waals surface area contributed by atoms with Gasteiger partial charge in [-0.25, -0.2) is 8.78 Å². The van der Waals surface area contributed by atoms with Gasteiger partial charge in [0, 0.05) is 11.6 Å². The molecule has 1 rings (SSSR count). The predicted octanol–water partition coefficient (Wildman–Crippen LogP) is 3.40. The fourth-order valence-corrected chi connectivity index (χ4v) is 1.48. The second kappa shape index (κ2) is 5.21. The normalized spacial score (nSPS) is 13.2. The molecule has 0 aliphatic heterocycles. The van der Waals surface area contributed by atoms with E-state index < -0.39 is 17.7 Å². The van der Waals surface area contributed by atoms with Crippen LogP contribution >= 0.6 is 0 Å². The van der Waals surface area contributed by atoms with Crippen LogP contribution in [0.25, 0.3) is 0 Å². The molecule has 1 atom stereocenters. The van der Waals surface area contributed by atoms with E-state index in [1.165, 1.54) is 6.07 Å². The second-order valence-corrected chi connectivity index (χ2v) is 4.22. The van der Waals surface area contributed by atoms with E-state index in [1.54, 1.807) is 6.07 Å². The van der Waals surface area contributed by atoms with Gasteiger partial charge < -0.3 is 5.73 Å². The quantitative estimate of drug-likeness (QED) is 0.815. The standard InChI is InChI=1S/C12H17F2N/c1-8(2)6-7-11(15)9-4-3-5-10(13)12(9)14/h3-5,8,11H,6-7,15H2,1-2H3/t11-/m0/s1. The van der Waals surface area contributed by atoms with Crippen LogP contribution in [-0.2, 0) is 0 Å². The van der Waals surface area contributed by atoms with Crippen LogP contribution in [0, 0.1) is 17.6 Å². The minimum Gasteiger partial charge on any atom is -0.324 e. The Labute approximate surface area is 89.3 Å². The van der Waals surface area contributed by atoms with Gasteiger partial charge in [0.05, 0.1) is 0 Å². The summed E-state index contributed by atoms with van der Waals surface area (Å²) in [6, 6.07) is 3.73. The number of nitrogens with two attached hydrogens (primary N) is 1. The van der Waals surface area contributed by atoms with Crippen LogP contribution in [0.15, 0.2) is 18.2 Å². The molecule has 0 spiro atoms. The van der Waals surface area contributed by atoms with Crippen LogP contribution in [0.4, 0.5) is 8.78 Å². The maximum absolute atomic E-state index is 13.3. The summed E-state index contributed by atoms with van der Waals surface area (Å²) in [5.41, 5.74) is 6.08. The number of hydrogen-bond acceptors (Lipinski definition) is 1. The van der Waals surface area contributed by atoms with Crippen LogP contribution in [0.3, 0.4) is 0 Å². The van der Waals surface area contributed by atoms with Gasteiger partial charge in [0.25, 0.3) is 0 Å². The van der Waals surface area contributed by atoms with Crippen LogP contribution in [0.2, 0.25) is 0 Å². The summed E-state index contributed by atoms with van der Waals surface area (Å²) in [4.78, 5) is 0. The van der Waals surface area contributed by atoms with Crippen molar-refractivity contribution in [2.24, 2.45) is 11.7 Å². The Morgan fingerprint density at radius 2 is 1.87 bits per heavy atom. The van der Waals surface area contributed by atoms with E-state index in [0.29, 0.717) is 12.3 Å². The number of benzene rings is 1. The first-order valence-electron chi connectivity index (χ1n) is 5.22. The van der Waals surface area contributed by atoms with E-state index >= 15 is 0 Å². The number of halogens is 2. The molecule has 0 bridgehead atoms. The number of rotatable bonds is 4. The van der Waals surface area contributed by atoms with Crippen molar-refractivity contribution in [3.63, 3.8) is 0 Å². The van der Waals surface area contributed by atoms with Gasteiger partial charge in [-0.05, 0) is 24.8 Å². The molecular weight excluding hydrogens is 196 g/mol. The SMILES string of the molecule is CC(C)CC[C@H](N)c1cccc(F)c1F. The van der Waals surface area contributed by atoms with Gasteiger partial charge in [0.2, 0.25) is 0 Å². The van der Waals surface area contributed by atoms with Gasteiger partial charge in [-0.3, -0.25) is 0 Å². The molecule has 1 aromatic carbocycles. The summed E-state index contributed by atoms with van der Waals surface area (Å²) >= 11 is 0. The van der Waals surface area contributed by atoms with E-state index in [4.69, 9.17) is 5.73 Å². The predicted molar refractivity (Wildman–Crippen MR) is 57.4 cm³/mol. The molecule has 0 amide bonds. The van der Waals surface area contributed by atoms with E-state index in [2.05, 4.69) is 13.8 Å². The Hall–Kier alpha value is -0.960. The van der Waals surface area contributed by atoms with Gasteiger partial charge in [0.15, 0.2) is 11.6 Å². The minimum atomic E-state index is -0.826. The molecule has 15 heavy (non-hydrogen) atoms. The third kappa shape index (κ3) is 3.27. The highest BCUT2D eigenvalue weighted by Crippen LogP contribution is 2.22. The topological polar surface area (TPSA) is 26.0 Å². The maximum atomic E-state index is 13.3. The molecule has 1 aromatic rings. The van der Waals surface area contributed by atoms with Crippen LogP contribution in [0.1, 0.15) is 38.3 Å². The molecule has 0 heterocycles. The van der Waals surface area contributed by atoms with Crippen molar-refractivity contribution in [2.75, 3.05) is 0 Å². The molecule has 0 aromatic heterocycles. The van der Waals surface area contributed by atoms with Gasteiger partial charge >= 0.3 is 0 Å². The lowest BCUT2D eigenvalue weighted by Gasteiger charge is -2.14. The van der Waals surface area contributed by atoms with Crippen molar-refractivity contribution < 1.29 is 8.78 Å². The largest absolute Gasteiger partial charge is 0.324 e. The average Bonchev–Trinajstić information content (AvgIpc) is 2.18. The highest BCUT2D eigenvalue weighted by Gasteiger charge is 2.14. The summed E-state index contributed by atoms with van der Waals surface area (Å²) in [7, 11) is 0. The molecule has 0 unspecified atom stereocenters. The maximum Gasteiger partial charge on any atom is 0.163 e. The van der Waals surface area contributed by atoms with Crippen molar-refractivity contribution in [1.82, 2.24) is 0 Å². The molecule has 1 nitrogen and oxygen atoms in total. The third-order valence-corrected chi connectivity index (χ3v) is 2.44. The Bertz CT molecular complexity index is 323. The first-order chi connectivity index (χ1) is 7.02. The van der Waals surface area contributed by atoms with Crippen molar-refractivity contribution in [3.05, 3.63) is 35.4 Å². The zero-order valence-electron chi connectivity index (χ0n) is 9.13. The smallest absolute Gasteiger partial charge is 0.163 e. The van der Waals surface area contributed by atoms with Crippen molar-refractivity contribution in [3.8, 4) is 0 Å². The van der Waals surface area contributed by atoms with Crippen molar-refractivity contribution in [2.45, 2.75) is 32.7 Å². The van der Waals surface area contributed by atoms with Crippen molar-refractivity contribution >= 4 is 0 Å². The summed E-state index contributed by atoms with van der Waals surface area (Å²) in [6.45, 7) is 4.16. The zero-order valence-corrected chi connectivity index (χ0v) is 9.13. The van der Waals surface area contributed by atoms with Crippen LogP contribution in [-0.4, -0.2) is 0 Å². The fraction of sp³-hybridized carbons (Fsp3) is 0.500. The van der Waals surface area contributed by atoms with E-state index in [1.807, 2.05) is 0 Å². The first kappa shape index (κ1) is 12.1. The highest BCUT2D eigenvalue weighted by atomic mass is 19.2. The van der Waals surface area contributed by atoms with Gasteiger partial charge in [0.1, 0.15) is 0 Å². The molecule has 0 radical (unpaired) electrons. The molecule has 3 heteroatoms. The van der Waals surface area contributed by atoms with E-state index in [-0.39, 0.29) is 5.56 Å². The van der Waals surface area contributed by atoms with Gasteiger partial charge in [-0.15, -0.1) is 0 Å². The average molecular weight is 213 g/mol. The van der Waals surface area contributed by atoms with Crippen LogP contribution in [0.5, 0.6) is 0 Å².